The smallest absolute Gasteiger partial charge is 0.323 e. The van der Waals surface area contributed by atoms with Crippen molar-refractivity contribution < 1.29 is 18.4 Å². The van der Waals surface area contributed by atoms with Crippen molar-refractivity contribution in [3.63, 3.8) is 0 Å². The van der Waals surface area contributed by atoms with Gasteiger partial charge in [0.2, 0.25) is 5.91 Å². The third kappa shape index (κ3) is 3.27. The SMILES string of the molecule is C[C@H](NC(=O)CN1C(=O)Nc2ccc(C#N)cc2C12CC2)c1ncc(F)cc1F. The van der Waals surface area contributed by atoms with Crippen LogP contribution in [0.15, 0.2) is 30.5 Å². The van der Waals surface area contributed by atoms with Gasteiger partial charge in [0.1, 0.15) is 18.2 Å². The first-order chi connectivity index (χ1) is 13.8. The number of fused-ring (bicyclic) bond motifs is 2. The first-order valence-electron chi connectivity index (χ1n) is 9.07. The fraction of sp³-hybridized carbons (Fsp3) is 0.300. The summed E-state index contributed by atoms with van der Waals surface area (Å²) >= 11 is 0. The van der Waals surface area contributed by atoms with Gasteiger partial charge in [0, 0.05) is 17.3 Å². The molecule has 1 aliphatic carbocycles. The summed E-state index contributed by atoms with van der Waals surface area (Å²) in [5.41, 5.74) is 1.21. The fourth-order valence-corrected chi connectivity index (χ4v) is 3.75. The molecule has 1 fully saturated rings. The van der Waals surface area contributed by atoms with Crippen LogP contribution in [0.5, 0.6) is 0 Å². The molecule has 4 rings (SSSR count). The second-order valence-corrected chi connectivity index (χ2v) is 7.23. The number of aromatic nitrogens is 1. The molecule has 0 bridgehead atoms. The standard InChI is InChI=1S/C20H17F2N5O2/c1-11(18-15(22)7-13(21)9-24-18)25-17(28)10-27-19(29)26-16-3-2-12(8-23)6-14(16)20(27)4-5-20/h2-3,6-7,9,11H,4-5,10H2,1H3,(H,25,28)(H,26,29)/t11-/m0/s1. The number of pyridine rings is 1. The zero-order chi connectivity index (χ0) is 20.8. The van der Waals surface area contributed by atoms with E-state index in [1.54, 1.807) is 18.2 Å². The number of halogens is 2. The Morgan fingerprint density at radius 3 is 2.83 bits per heavy atom. The molecule has 7 nitrogen and oxygen atoms in total. The number of carbonyl (C=O) groups excluding carboxylic acids is 2. The van der Waals surface area contributed by atoms with Crippen LogP contribution in [0.25, 0.3) is 0 Å². The number of carbonyl (C=O) groups is 2. The largest absolute Gasteiger partial charge is 0.346 e. The van der Waals surface area contributed by atoms with Crippen LogP contribution in [0.3, 0.4) is 0 Å². The number of anilines is 1. The molecule has 0 radical (unpaired) electrons. The number of nitriles is 1. The summed E-state index contributed by atoms with van der Waals surface area (Å²) in [6, 6.07) is 6.62. The molecule has 1 aromatic heterocycles. The summed E-state index contributed by atoms with van der Waals surface area (Å²) in [6.07, 6.45) is 2.24. The Labute approximate surface area is 165 Å². The molecular formula is C20H17F2N5O2. The number of rotatable bonds is 4. The van der Waals surface area contributed by atoms with E-state index in [0.717, 1.165) is 11.8 Å². The van der Waals surface area contributed by atoms with E-state index in [0.29, 0.717) is 30.2 Å². The zero-order valence-corrected chi connectivity index (χ0v) is 15.5. The predicted molar refractivity (Wildman–Crippen MR) is 98.5 cm³/mol. The van der Waals surface area contributed by atoms with Gasteiger partial charge in [-0.2, -0.15) is 5.26 Å². The van der Waals surface area contributed by atoms with Crippen LogP contribution in [-0.2, 0) is 10.3 Å². The molecule has 1 saturated carbocycles. The van der Waals surface area contributed by atoms with Crippen molar-refractivity contribution in [3.8, 4) is 6.07 Å². The van der Waals surface area contributed by atoms with Crippen molar-refractivity contribution in [2.45, 2.75) is 31.3 Å². The van der Waals surface area contributed by atoms with Crippen LogP contribution in [0.4, 0.5) is 19.3 Å². The van der Waals surface area contributed by atoms with Gasteiger partial charge in [-0.15, -0.1) is 0 Å². The van der Waals surface area contributed by atoms with Gasteiger partial charge in [0.15, 0.2) is 0 Å². The topological polar surface area (TPSA) is 98.1 Å². The van der Waals surface area contributed by atoms with E-state index in [1.165, 1.54) is 11.8 Å². The van der Waals surface area contributed by atoms with Crippen molar-refractivity contribution in [1.29, 1.82) is 5.26 Å². The number of amides is 3. The number of hydrogen-bond acceptors (Lipinski definition) is 4. The molecule has 1 atom stereocenters. The highest BCUT2D eigenvalue weighted by Crippen LogP contribution is 2.55. The van der Waals surface area contributed by atoms with E-state index in [1.807, 2.05) is 0 Å². The van der Waals surface area contributed by atoms with Crippen molar-refractivity contribution in [2.24, 2.45) is 0 Å². The minimum absolute atomic E-state index is 0.0898. The number of nitrogens with one attached hydrogen (secondary N) is 2. The minimum atomic E-state index is -0.856. The van der Waals surface area contributed by atoms with Crippen LogP contribution in [0.1, 0.15) is 42.6 Å². The second-order valence-electron chi connectivity index (χ2n) is 7.23. The summed E-state index contributed by atoms with van der Waals surface area (Å²) in [5, 5.41) is 14.5. The maximum atomic E-state index is 13.9. The maximum absolute atomic E-state index is 13.9. The average molecular weight is 397 g/mol. The quantitative estimate of drug-likeness (QED) is 0.829. The molecule has 1 aromatic carbocycles. The maximum Gasteiger partial charge on any atom is 0.323 e. The summed E-state index contributed by atoms with van der Waals surface area (Å²) in [7, 11) is 0. The normalized spacial score (nSPS) is 17.2. The molecule has 2 aromatic rings. The predicted octanol–water partition coefficient (Wildman–Crippen LogP) is 2.95. The number of hydrogen-bond donors (Lipinski definition) is 2. The van der Waals surface area contributed by atoms with Gasteiger partial charge in [-0.25, -0.2) is 13.6 Å². The molecule has 0 saturated heterocycles. The van der Waals surface area contributed by atoms with Crippen molar-refractivity contribution in [2.75, 3.05) is 11.9 Å². The second kappa shape index (κ2) is 6.81. The zero-order valence-electron chi connectivity index (χ0n) is 15.5. The van der Waals surface area contributed by atoms with E-state index in [2.05, 4.69) is 21.7 Å². The Hall–Kier alpha value is -3.54. The average Bonchev–Trinajstić information content (AvgIpc) is 3.46. The van der Waals surface area contributed by atoms with Crippen LogP contribution >= 0.6 is 0 Å². The molecule has 1 spiro atoms. The van der Waals surface area contributed by atoms with Gasteiger partial charge in [-0.3, -0.25) is 9.78 Å². The third-order valence-corrected chi connectivity index (χ3v) is 5.30. The fourth-order valence-electron chi connectivity index (χ4n) is 3.75. The van der Waals surface area contributed by atoms with Gasteiger partial charge in [-0.05, 0) is 38.0 Å². The first kappa shape index (κ1) is 18.8. The molecule has 9 heteroatoms. The highest BCUT2D eigenvalue weighted by Gasteiger charge is 2.55. The highest BCUT2D eigenvalue weighted by molar-refractivity contribution is 5.97. The molecule has 29 heavy (non-hydrogen) atoms. The molecule has 2 heterocycles. The number of benzene rings is 1. The van der Waals surface area contributed by atoms with E-state index >= 15 is 0 Å². The monoisotopic (exact) mass is 397 g/mol. The van der Waals surface area contributed by atoms with E-state index < -0.39 is 35.2 Å². The molecule has 148 valence electrons. The van der Waals surface area contributed by atoms with Crippen molar-refractivity contribution >= 4 is 17.6 Å². The lowest BCUT2D eigenvalue weighted by molar-refractivity contribution is -0.123. The van der Waals surface area contributed by atoms with Gasteiger partial charge >= 0.3 is 6.03 Å². The summed E-state index contributed by atoms with van der Waals surface area (Å²) < 4.78 is 26.9. The Kier molecular flexibility index (Phi) is 4.42. The van der Waals surface area contributed by atoms with Crippen LogP contribution < -0.4 is 10.6 Å². The van der Waals surface area contributed by atoms with Crippen LogP contribution in [0, 0.1) is 23.0 Å². The lowest BCUT2D eigenvalue weighted by Gasteiger charge is -2.37. The molecule has 0 unspecified atom stereocenters. The lowest BCUT2D eigenvalue weighted by atomic mass is 9.96. The summed E-state index contributed by atoms with van der Waals surface area (Å²) in [6.45, 7) is 1.29. The van der Waals surface area contributed by atoms with Crippen molar-refractivity contribution in [1.82, 2.24) is 15.2 Å². The number of urea groups is 1. The van der Waals surface area contributed by atoms with Crippen LogP contribution in [-0.4, -0.2) is 28.4 Å². The Bertz CT molecular complexity index is 1060. The molecular weight excluding hydrogens is 380 g/mol. The Balaban J connectivity index is 1.52. The third-order valence-electron chi connectivity index (χ3n) is 5.30. The van der Waals surface area contributed by atoms with Crippen LogP contribution in [0.2, 0.25) is 0 Å². The highest BCUT2D eigenvalue weighted by atomic mass is 19.1. The number of nitrogens with zero attached hydrogens (tertiary/aromatic N) is 3. The van der Waals surface area contributed by atoms with E-state index in [4.69, 9.17) is 5.26 Å². The van der Waals surface area contributed by atoms with Crippen molar-refractivity contribution in [3.05, 3.63) is 58.9 Å². The molecule has 3 amide bonds. The summed E-state index contributed by atoms with van der Waals surface area (Å²) in [5.74, 6) is -2.16. The lowest BCUT2D eigenvalue weighted by Crippen LogP contribution is -2.51. The van der Waals surface area contributed by atoms with Gasteiger partial charge in [-0.1, -0.05) is 0 Å². The molecule has 1 aliphatic heterocycles. The summed E-state index contributed by atoms with van der Waals surface area (Å²) in [4.78, 5) is 30.3. The van der Waals surface area contributed by atoms with E-state index in [-0.39, 0.29) is 12.2 Å². The first-order valence-corrected chi connectivity index (χ1v) is 9.07. The minimum Gasteiger partial charge on any atom is -0.346 e. The molecule has 2 aliphatic rings. The van der Waals surface area contributed by atoms with E-state index in [9.17, 15) is 18.4 Å². The Morgan fingerprint density at radius 2 is 2.17 bits per heavy atom. The Morgan fingerprint density at radius 1 is 1.41 bits per heavy atom. The van der Waals surface area contributed by atoms with Gasteiger partial charge in [0.05, 0.1) is 35.1 Å². The van der Waals surface area contributed by atoms with Gasteiger partial charge in [0.25, 0.3) is 0 Å². The van der Waals surface area contributed by atoms with Gasteiger partial charge < -0.3 is 15.5 Å². The molecule has 2 N–H and O–H groups in total.